The topological polar surface area (TPSA) is 50.8 Å². The van der Waals surface area contributed by atoms with Gasteiger partial charge in [-0.1, -0.05) is 0 Å². The molecular weight excluding hydrogens is 244 g/mol. The standard InChI is InChI=1S/C14H20N2O3/c1-10-8-12(16-4-6-19-7-5-16)9-13(18-3)14(10)15-11(2)17/h8-9H,4-7H2,1-3H3,(H,15,17). The zero-order valence-corrected chi connectivity index (χ0v) is 11.7. The average Bonchev–Trinajstić information content (AvgIpc) is 2.41. The van der Waals surface area contributed by atoms with Crippen LogP contribution in [0.15, 0.2) is 12.1 Å². The largest absolute Gasteiger partial charge is 0.494 e. The Balaban J connectivity index is 2.32. The molecule has 0 saturated carbocycles. The predicted octanol–water partition coefficient (Wildman–Crippen LogP) is 1.80. The minimum atomic E-state index is -0.0967. The first-order valence-electron chi connectivity index (χ1n) is 6.40. The van der Waals surface area contributed by atoms with Crippen LogP contribution in [0.25, 0.3) is 0 Å². The van der Waals surface area contributed by atoms with Gasteiger partial charge in [-0.15, -0.1) is 0 Å². The molecule has 1 amide bonds. The van der Waals surface area contributed by atoms with Crippen molar-refractivity contribution in [3.63, 3.8) is 0 Å². The summed E-state index contributed by atoms with van der Waals surface area (Å²) in [6.45, 7) is 6.71. The number of nitrogens with zero attached hydrogens (tertiary/aromatic N) is 1. The van der Waals surface area contributed by atoms with E-state index >= 15 is 0 Å². The molecule has 5 nitrogen and oxygen atoms in total. The van der Waals surface area contributed by atoms with Gasteiger partial charge in [-0.25, -0.2) is 0 Å². The van der Waals surface area contributed by atoms with Crippen LogP contribution in [0.5, 0.6) is 5.75 Å². The SMILES string of the molecule is COc1cc(N2CCOCC2)cc(C)c1NC(C)=O. The quantitative estimate of drug-likeness (QED) is 0.904. The number of methoxy groups -OCH3 is 1. The highest BCUT2D eigenvalue weighted by Crippen LogP contribution is 2.33. The number of aryl methyl sites for hydroxylation is 1. The predicted molar refractivity (Wildman–Crippen MR) is 75.1 cm³/mol. The Kier molecular flexibility index (Phi) is 4.27. The number of benzene rings is 1. The fourth-order valence-electron chi connectivity index (χ4n) is 2.24. The molecule has 19 heavy (non-hydrogen) atoms. The molecule has 104 valence electrons. The maximum Gasteiger partial charge on any atom is 0.221 e. The van der Waals surface area contributed by atoms with E-state index in [2.05, 4.69) is 16.3 Å². The monoisotopic (exact) mass is 264 g/mol. The van der Waals surface area contributed by atoms with Crippen molar-refractivity contribution in [3.8, 4) is 5.75 Å². The van der Waals surface area contributed by atoms with Crippen LogP contribution in [0.3, 0.4) is 0 Å². The van der Waals surface area contributed by atoms with Crippen LogP contribution in [-0.2, 0) is 9.53 Å². The van der Waals surface area contributed by atoms with Gasteiger partial charge in [0.2, 0.25) is 5.91 Å². The molecule has 1 fully saturated rings. The summed E-state index contributed by atoms with van der Waals surface area (Å²) in [7, 11) is 1.61. The summed E-state index contributed by atoms with van der Waals surface area (Å²) in [6, 6.07) is 4.03. The van der Waals surface area contributed by atoms with Gasteiger partial charge in [0.05, 0.1) is 26.0 Å². The van der Waals surface area contributed by atoms with Gasteiger partial charge in [-0.05, 0) is 18.6 Å². The summed E-state index contributed by atoms with van der Waals surface area (Å²) in [4.78, 5) is 13.5. The van der Waals surface area contributed by atoms with Crippen LogP contribution in [0, 0.1) is 6.92 Å². The van der Waals surface area contributed by atoms with E-state index in [0.29, 0.717) is 5.75 Å². The molecule has 0 aromatic heterocycles. The van der Waals surface area contributed by atoms with E-state index in [0.717, 1.165) is 43.2 Å². The van der Waals surface area contributed by atoms with Crippen molar-refractivity contribution in [2.75, 3.05) is 43.6 Å². The summed E-state index contributed by atoms with van der Waals surface area (Å²) >= 11 is 0. The fourth-order valence-corrected chi connectivity index (χ4v) is 2.24. The van der Waals surface area contributed by atoms with Crippen molar-refractivity contribution < 1.29 is 14.3 Å². The van der Waals surface area contributed by atoms with E-state index in [1.165, 1.54) is 6.92 Å². The average molecular weight is 264 g/mol. The lowest BCUT2D eigenvalue weighted by atomic mass is 10.1. The number of hydrogen-bond acceptors (Lipinski definition) is 4. The summed E-state index contributed by atoms with van der Waals surface area (Å²) in [5.74, 6) is 0.595. The molecule has 1 aromatic carbocycles. The lowest BCUT2D eigenvalue weighted by Crippen LogP contribution is -2.36. The number of carbonyl (C=O) groups excluding carboxylic acids is 1. The van der Waals surface area contributed by atoms with E-state index in [1.807, 2.05) is 13.0 Å². The number of hydrogen-bond donors (Lipinski definition) is 1. The minimum Gasteiger partial charge on any atom is -0.494 e. The maximum atomic E-state index is 11.2. The lowest BCUT2D eigenvalue weighted by molar-refractivity contribution is -0.114. The second kappa shape index (κ2) is 5.93. The number of carbonyl (C=O) groups is 1. The highest BCUT2D eigenvalue weighted by atomic mass is 16.5. The summed E-state index contributed by atoms with van der Waals surface area (Å²) in [5.41, 5.74) is 2.84. The van der Waals surface area contributed by atoms with Crippen LogP contribution in [0.4, 0.5) is 11.4 Å². The number of ether oxygens (including phenoxy) is 2. The van der Waals surface area contributed by atoms with Crippen molar-refractivity contribution in [1.82, 2.24) is 0 Å². The van der Waals surface area contributed by atoms with Gasteiger partial charge in [0.1, 0.15) is 5.75 Å². The van der Waals surface area contributed by atoms with Crippen molar-refractivity contribution in [2.45, 2.75) is 13.8 Å². The first kappa shape index (κ1) is 13.7. The van der Waals surface area contributed by atoms with Gasteiger partial charge in [0, 0.05) is 31.8 Å². The van der Waals surface area contributed by atoms with Gasteiger partial charge < -0.3 is 19.7 Å². The Labute approximate surface area is 113 Å². The highest BCUT2D eigenvalue weighted by molar-refractivity contribution is 5.92. The normalized spacial score (nSPS) is 15.2. The molecule has 0 aliphatic carbocycles. The molecule has 0 atom stereocenters. The third kappa shape index (κ3) is 3.17. The molecule has 1 aliphatic heterocycles. The molecule has 0 bridgehead atoms. The molecule has 1 saturated heterocycles. The van der Waals surface area contributed by atoms with Gasteiger partial charge >= 0.3 is 0 Å². The van der Waals surface area contributed by atoms with E-state index in [1.54, 1.807) is 7.11 Å². The second-order valence-corrected chi connectivity index (χ2v) is 4.62. The number of rotatable bonds is 3. The Morgan fingerprint density at radius 2 is 2.05 bits per heavy atom. The number of nitrogens with one attached hydrogen (secondary N) is 1. The van der Waals surface area contributed by atoms with Crippen molar-refractivity contribution >= 4 is 17.3 Å². The Hall–Kier alpha value is -1.75. The van der Waals surface area contributed by atoms with Gasteiger partial charge in [0.25, 0.3) is 0 Å². The van der Waals surface area contributed by atoms with Crippen LogP contribution in [0.2, 0.25) is 0 Å². The summed E-state index contributed by atoms with van der Waals surface area (Å²) in [5, 5.41) is 2.82. The van der Waals surface area contributed by atoms with Crippen LogP contribution < -0.4 is 15.0 Å². The zero-order valence-electron chi connectivity index (χ0n) is 11.7. The van der Waals surface area contributed by atoms with Crippen LogP contribution in [-0.4, -0.2) is 39.3 Å². The Morgan fingerprint density at radius 3 is 2.63 bits per heavy atom. The number of morpholine rings is 1. The van der Waals surface area contributed by atoms with E-state index in [-0.39, 0.29) is 5.91 Å². The molecule has 1 aromatic rings. The minimum absolute atomic E-state index is 0.0967. The summed E-state index contributed by atoms with van der Waals surface area (Å²) in [6.07, 6.45) is 0. The van der Waals surface area contributed by atoms with E-state index in [9.17, 15) is 4.79 Å². The molecule has 5 heteroatoms. The first-order valence-corrected chi connectivity index (χ1v) is 6.40. The number of anilines is 2. The lowest BCUT2D eigenvalue weighted by Gasteiger charge is -2.30. The van der Waals surface area contributed by atoms with Crippen molar-refractivity contribution in [2.24, 2.45) is 0 Å². The summed E-state index contributed by atoms with van der Waals surface area (Å²) < 4.78 is 10.7. The zero-order chi connectivity index (χ0) is 13.8. The highest BCUT2D eigenvalue weighted by Gasteiger charge is 2.16. The molecule has 1 heterocycles. The Morgan fingerprint density at radius 1 is 1.37 bits per heavy atom. The van der Waals surface area contributed by atoms with Crippen molar-refractivity contribution in [1.29, 1.82) is 0 Å². The molecular formula is C14H20N2O3. The maximum absolute atomic E-state index is 11.2. The molecule has 0 spiro atoms. The molecule has 1 N–H and O–H groups in total. The van der Waals surface area contributed by atoms with Gasteiger partial charge in [-0.2, -0.15) is 0 Å². The Bertz CT molecular complexity index is 468. The second-order valence-electron chi connectivity index (χ2n) is 4.62. The molecule has 0 radical (unpaired) electrons. The molecule has 1 aliphatic rings. The van der Waals surface area contributed by atoms with Crippen LogP contribution >= 0.6 is 0 Å². The fraction of sp³-hybridized carbons (Fsp3) is 0.500. The molecule has 2 rings (SSSR count). The van der Waals surface area contributed by atoms with Gasteiger partial charge in [-0.3, -0.25) is 4.79 Å². The first-order chi connectivity index (χ1) is 9.11. The van der Waals surface area contributed by atoms with Crippen molar-refractivity contribution in [3.05, 3.63) is 17.7 Å². The smallest absolute Gasteiger partial charge is 0.221 e. The third-order valence-electron chi connectivity index (χ3n) is 3.18. The third-order valence-corrected chi connectivity index (χ3v) is 3.18. The van der Waals surface area contributed by atoms with E-state index < -0.39 is 0 Å². The number of amides is 1. The van der Waals surface area contributed by atoms with Gasteiger partial charge in [0.15, 0.2) is 0 Å². The van der Waals surface area contributed by atoms with Crippen LogP contribution in [0.1, 0.15) is 12.5 Å². The van der Waals surface area contributed by atoms with E-state index in [4.69, 9.17) is 9.47 Å². The molecule has 0 unspecified atom stereocenters.